The van der Waals surface area contributed by atoms with Crippen molar-refractivity contribution >= 4 is 11.9 Å². The van der Waals surface area contributed by atoms with Crippen molar-refractivity contribution < 1.29 is 28.5 Å². The molecule has 1 amide bonds. The topological polar surface area (TPSA) is 92.1 Å². The highest BCUT2D eigenvalue weighted by Gasteiger charge is 2.36. The average molecular weight is 492 g/mol. The van der Waals surface area contributed by atoms with E-state index in [0.29, 0.717) is 31.0 Å². The maximum Gasteiger partial charge on any atom is 0.359 e. The Balaban J connectivity index is 1.34. The van der Waals surface area contributed by atoms with Gasteiger partial charge in [-0.3, -0.25) is 9.48 Å². The van der Waals surface area contributed by atoms with Crippen LogP contribution in [0.15, 0.2) is 48.5 Å². The van der Waals surface area contributed by atoms with Crippen LogP contribution in [0.5, 0.6) is 17.2 Å². The minimum absolute atomic E-state index is 0.144. The summed E-state index contributed by atoms with van der Waals surface area (Å²) in [6, 6.07) is 15.2. The van der Waals surface area contributed by atoms with Crippen molar-refractivity contribution in [3.05, 3.63) is 71.0 Å². The van der Waals surface area contributed by atoms with Crippen molar-refractivity contribution in [2.45, 2.75) is 39.0 Å². The fourth-order valence-electron chi connectivity index (χ4n) is 4.60. The third kappa shape index (κ3) is 4.73. The third-order valence-corrected chi connectivity index (χ3v) is 6.47. The molecule has 2 aliphatic rings. The Kier molecular flexibility index (Phi) is 6.79. The average Bonchev–Trinajstić information content (AvgIpc) is 3.29. The van der Waals surface area contributed by atoms with Crippen LogP contribution in [-0.2, 0) is 35.5 Å². The van der Waals surface area contributed by atoms with Crippen molar-refractivity contribution in [2.75, 3.05) is 26.9 Å². The molecule has 3 heterocycles. The van der Waals surface area contributed by atoms with Crippen molar-refractivity contribution in [2.24, 2.45) is 0 Å². The Hall–Kier alpha value is -4.01. The molecular formula is C27H29N3O6. The molecule has 0 aliphatic carbocycles. The number of methoxy groups -OCH3 is 1. The van der Waals surface area contributed by atoms with E-state index in [1.165, 1.54) is 0 Å². The van der Waals surface area contributed by atoms with Gasteiger partial charge in [-0.05, 0) is 43.2 Å². The fraction of sp³-hybridized carbons (Fsp3) is 0.370. The van der Waals surface area contributed by atoms with Crippen LogP contribution in [0.2, 0.25) is 0 Å². The lowest BCUT2D eigenvalue weighted by atomic mass is 10.0. The van der Waals surface area contributed by atoms with E-state index in [0.717, 1.165) is 29.0 Å². The van der Waals surface area contributed by atoms with Crippen LogP contribution in [0, 0.1) is 0 Å². The molecule has 1 aromatic heterocycles. The highest BCUT2D eigenvalue weighted by molar-refractivity contribution is 5.90. The van der Waals surface area contributed by atoms with E-state index in [1.54, 1.807) is 25.0 Å². The van der Waals surface area contributed by atoms with Gasteiger partial charge in [-0.25, -0.2) is 4.79 Å². The smallest absolute Gasteiger partial charge is 0.359 e. The predicted octanol–water partition coefficient (Wildman–Crippen LogP) is 3.04. The molecule has 0 radical (unpaired) electrons. The summed E-state index contributed by atoms with van der Waals surface area (Å²) in [6.45, 7) is 3.54. The molecule has 0 N–H and O–H groups in total. The number of hydrogen-bond acceptors (Lipinski definition) is 7. The van der Waals surface area contributed by atoms with Gasteiger partial charge in [0.15, 0.2) is 17.2 Å². The van der Waals surface area contributed by atoms with Gasteiger partial charge in [0.1, 0.15) is 12.4 Å². The number of amides is 1. The largest absolute Gasteiger partial charge is 0.497 e. The van der Waals surface area contributed by atoms with Gasteiger partial charge in [-0.15, -0.1) is 0 Å². The third-order valence-electron chi connectivity index (χ3n) is 6.47. The molecule has 2 aromatic carbocycles. The second kappa shape index (κ2) is 10.3. The first-order valence-corrected chi connectivity index (χ1v) is 12.1. The molecule has 3 aromatic rings. The Morgan fingerprint density at radius 3 is 2.64 bits per heavy atom. The summed E-state index contributed by atoms with van der Waals surface area (Å²) in [4.78, 5) is 27.8. The number of hydrogen-bond donors (Lipinski definition) is 0. The number of carbonyl (C=O) groups is 2. The number of para-hydroxylation sites is 2. The number of rotatable bonds is 7. The van der Waals surface area contributed by atoms with Gasteiger partial charge in [0.2, 0.25) is 6.10 Å². The Labute approximate surface area is 209 Å². The molecule has 0 bridgehead atoms. The predicted molar refractivity (Wildman–Crippen MR) is 130 cm³/mol. The van der Waals surface area contributed by atoms with Crippen LogP contribution < -0.4 is 14.2 Å². The van der Waals surface area contributed by atoms with E-state index >= 15 is 0 Å². The van der Waals surface area contributed by atoms with Crippen LogP contribution in [0.4, 0.5) is 0 Å². The highest BCUT2D eigenvalue weighted by atomic mass is 16.6. The molecule has 188 valence electrons. The minimum atomic E-state index is -0.738. The van der Waals surface area contributed by atoms with Gasteiger partial charge >= 0.3 is 5.97 Å². The molecule has 36 heavy (non-hydrogen) atoms. The molecule has 0 saturated heterocycles. The summed E-state index contributed by atoms with van der Waals surface area (Å²) >= 11 is 0. The van der Waals surface area contributed by atoms with Crippen LogP contribution >= 0.6 is 0 Å². The number of esters is 1. The van der Waals surface area contributed by atoms with Crippen LogP contribution in [0.25, 0.3) is 0 Å². The van der Waals surface area contributed by atoms with Gasteiger partial charge in [0.25, 0.3) is 5.91 Å². The van der Waals surface area contributed by atoms with Gasteiger partial charge in [-0.1, -0.05) is 24.3 Å². The van der Waals surface area contributed by atoms with Crippen molar-refractivity contribution in [1.82, 2.24) is 14.7 Å². The van der Waals surface area contributed by atoms with Gasteiger partial charge < -0.3 is 23.8 Å². The standard InChI is InChI=1S/C27H29N3O6/c1-3-34-27(32)25-20-16-29(26(31)24-17-35-22-6-4-5-7-23(22)36-24)14-13-21(20)30(28-25)15-12-18-8-10-19(33-2)11-9-18/h4-11,24H,3,12-17H2,1-2H3/t24-/m1/s1. The van der Waals surface area contributed by atoms with E-state index in [9.17, 15) is 9.59 Å². The molecule has 0 unspecified atom stereocenters. The number of aryl methyl sites for hydroxylation is 2. The van der Waals surface area contributed by atoms with Gasteiger partial charge in [-0.2, -0.15) is 5.10 Å². The number of ether oxygens (including phenoxy) is 4. The molecule has 0 spiro atoms. The summed E-state index contributed by atoms with van der Waals surface area (Å²) < 4.78 is 24.0. The van der Waals surface area contributed by atoms with Gasteiger partial charge in [0.05, 0.1) is 20.3 Å². The highest BCUT2D eigenvalue weighted by Crippen LogP contribution is 2.32. The number of aromatic nitrogens is 2. The van der Waals surface area contributed by atoms with Crippen LogP contribution in [0.3, 0.4) is 0 Å². The number of carbonyl (C=O) groups excluding carboxylic acids is 2. The second-order valence-electron chi connectivity index (χ2n) is 8.69. The fourth-order valence-corrected chi connectivity index (χ4v) is 4.60. The van der Waals surface area contributed by atoms with E-state index in [2.05, 4.69) is 5.10 Å². The van der Waals surface area contributed by atoms with E-state index in [1.807, 2.05) is 47.1 Å². The van der Waals surface area contributed by atoms with Crippen molar-refractivity contribution in [3.8, 4) is 17.2 Å². The summed E-state index contributed by atoms with van der Waals surface area (Å²) in [6.07, 6.45) is 0.591. The summed E-state index contributed by atoms with van der Waals surface area (Å²) in [5.74, 6) is 1.34. The maximum absolute atomic E-state index is 13.3. The lowest BCUT2D eigenvalue weighted by Gasteiger charge is -2.33. The molecule has 0 saturated carbocycles. The summed E-state index contributed by atoms with van der Waals surface area (Å²) in [7, 11) is 1.64. The quantitative estimate of drug-likeness (QED) is 0.469. The Morgan fingerprint density at radius 1 is 1.11 bits per heavy atom. The van der Waals surface area contributed by atoms with Crippen molar-refractivity contribution in [3.63, 3.8) is 0 Å². The first-order valence-electron chi connectivity index (χ1n) is 12.1. The molecule has 2 aliphatic heterocycles. The molecule has 0 fully saturated rings. The van der Waals surface area contributed by atoms with Gasteiger partial charge in [0, 0.05) is 30.8 Å². The van der Waals surface area contributed by atoms with Crippen LogP contribution in [-0.4, -0.2) is 59.5 Å². The maximum atomic E-state index is 13.3. The monoisotopic (exact) mass is 491 g/mol. The minimum Gasteiger partial charge on any atom is -0.497 e. The molecule has 1 atom stereocenters. The summed E-state index contributed by atoms with van der Waals surface area (Å²) in [5, 5.41) is 4.62. The second-order valence-corrected chi connectivity index (χ2v) is 8.69. The van der Waals surface area contributed by atoms with Crippen LogP contribution in [0.1, 0.15) is 34.2 Å². The first kappa shape index (κ1) is 23.7. The Morgan fingerprint density at radius 2 is 1.89 bits per heavy atom. The lowest BCUT2D eigenvalue weighted by Crippen LogP contribution is -2.48. The van der Waals surface area contributed by atoms with E-state index in [4.69, 9.17) is 18.9 Å². The number of fused-ring (bicyclic) bond motifs is 2. The molecule has 5 rings (SSSR count). The zero-order chi connectivity index (χ0) is 25.1. The number of benzene rings is 2. The van der Waals surface area contributed by atoms with E-state index in [-0.39, 0.29) is 31.4 Å². The normalized spacial score (nSPS) is 16.3. The zero-order valence-corrected chi connectivity index (χ0v) is 20.4. The van der Waals surface area contributed by atoms with Crippen molar-refractivity contribution in [1.29, 1.82) is 0 Å². The number of nitrogens with zero attached hydrogens (tertiary/aromatic N) is 3. The molecule has 9 heteroatoms. The molecular weight excluding hydrogens is 462 g/mol. The summed E-state index contributed by atoms with van der Waals surface area (Å²) in [5.41, 5.74) is 3.10. The SMILES string of the molecule is CCOC(=O)c1nn(CCc2ccc(OC)cc2)c2c1CN(C(=O)[C@H]1COc3ccccc3O1)CC2. The lowest BCUT2D eigenvalue weighted by molar-refractivity contribution is -0.142. The zero-order valence-electron chi connectivity index (χ0n) is 20.4. The Bertz CT molecular complexity index is 1250. The first-order chi connectivity index (χ1) is 17.6. The van der Waals surface area contributed by atoms with E-state index < -0.39 is 12.1 Å². The molecule has 9 nitrogen and oxygen atoms in total.